The van der Waals surface area contributed by atoms with Gasteiger partial charge in [0.25, 0.3) is 0 Å². The number of nitrogens with one attached hydrogen (secondary N) is 1. The van der Waals surface area contributed by atoms with Gasteiger partial charge in [0.2, 0.25) is 5.91 Å². The van der Waals surface area contributed by atoms with E-state index in [0.29, 0.717) is 19.4 Å². The van der Waals surface area contributed by atoms with Crippen LogP contribution in [0.5, 0.6) is 0 Å². The Hall–Kier alpha value is -1.10. The summed E-state index contributed by atoms with van der Waals surface area (Å²) in [6.07, 6.45) is 4.19. The number of carboxylic acid groups (broad SMARTS) is 1. The molecule has 1 aliphatic heterocycles. The van der Waals surface area contributed by atoms with Crippen molar-refractivity contribution in [1.82, 2.24) is 5.32 Å². The third-order valence-electron chi connectivity index (χ3n) is 4.39. The smallest absolute Gasteiger partial charge is 0.332 e. The highest BCUT2D eigenvalue weighted by Gasteiger charge is 2.38. The number of carbonyl (C=O) groups is 2. The zero-order valence-electron chi connectivity index (χ0n) is 10.8. The fourth-order valence-corrected chi connectivity index (χ4v) is 2.73. The first-order valence-electron chi connectivity index (χ1n) is 6.72. The molecule has 0 radical (unpaired) electrons. The Balaban J connectivity index is 1.77. The molecule has 0 aromatic carbocycles. The van der Waals surface area contributed by atoms with Crippen molar-refractivity contribution in [2.24, 2.45) is 5.41 Å². The van der Waals surface area contributed by atoms with E-state index >= 15 is 0 Å². The van der Waals surface area contributed by atoms with Crippen LogP contribution in [0.3, 0.4) is 0 Å². The summed E-state index contributed by atoms with van der Waals surface area (Å²) in [5.41, 5.74) is 0.278. The lowest BCUT2D eigenvalue weighted by molar-refractivity contribution is -0.152. The van der Waals surface area contributed by atoms with Crippen molar-refractivity contribution in [2.75, 3.05) is 6.54 Å². The molecule has 0 unspecified atom stereocenters. The van der Waals surface area contributed by atoms with Gasteiger partial charge in [-0.3, -0.25) is 4.79 Å². The fourth-order valence-electron chi connectivity index (χ4n) is 2.73. The van der Waals surface area contributed by atoms with E-state index in [-0.39, 0.29) is 11.3 Å². The normalized spacial score (nSPS) is 29.6. The molecule has 2 fully saturated rings. The number of hydrogen-bond donors (Lipinski definition) is 2. The summed E-state index contributed by atoms with van der Waals surface area (Å²) in [5, 5.41) is 11.7. The monoisotopic (exact) mass is 255 g/mol. The number of aliphatic carboxylic acids is 1. The zero-order chi connectivity index (χ0) is 13.2. The molecular formula is C13H21NO4. The van der Waals surface area contributed by atoms with Gasteiger partial charge in [-0.25, -0.2) is 4.79 Å². The summed E-state index contributed by atoms with van der Waals surface area (Å²) in [6.45, 7) is 2.85. The van der Waals surface area contributed by atoms with Gasteiger partial charge < -0.3 is 15.2 Å². The molecule has 5 nitrogen and oxygen atoms in total. The van der Waals surface area contributed by atoms with E-state index in [9.17, 15) is 9.59 Å². The fraction of sp³-hybridized carbons (Fsp3) is 0.846. The minimum atomic E-state index is -0.977. The lowest BCUT2D eigenvalue weighted by Crippen LogP contribution is -2.45. The SMILES string of the molecule is CCC1(CNC(=O)[C@@H]2CC[C@H](C(=O)O)O2)CCC1. The van der Waals surface area contributed by atoms with Crippen LogP contribution >= 0.6 is 0 Å². The van der Waals surface area contributed by atoms with Gasteiger partial charge in [-0.2, -0.15) is 0 Å². The van der Waals surface area contributed by atoms with Gasteiger partial charge in [-0.15, -0.1) is 0 Å². The van der Waals surface area contributed by atoms with Crippen LogP contribution in [-0.2, 0) is 14.3 Å². The standard InChI is InChI=1S/C13H21NO4/c1-2-13(6-3-7-13)8-14-11(15)9-4-5-10(18-9)12(16)17/h9-10H,2-8H2,1H3,(H,14,15)(H,16,17)/t9-,10+/m0/s1. The van der Waals surface area contributed by atoms with Crippen molar-refractivity contribution >= 4 is 11.9 Å². The second kappa shape index (κ2) is 5.26. The number of hydrogen-bond acceptors (Lipinski definition) is 3. The van der Waals surface area contributed by atoms with Crippen molar-refractivity contribution in [3.63, 3.8) is 0 Å². The molecular weight excluding hydrogens is 234 g/mol. The van der Waals surface area contributed by atoms with Crippen LogP contribution in [0.2, 0.25) is 0 Å². The Labute approximate surface area is 107 Å². The lowest BCUT2D eigenvalue weighted by atomic mass is 9.67. The first-order valence-corrected chi connectivity index (χ1v) is 6.72. The molecule has 5 heteroatoms. The molecule has 1 heterocycles. The first-order chi connectivity index (χ1) is 8.56. The van der Waals surface area contributed by atoms with Crippen LogP contribution in [0.4, 0.5) is 0 Å². The van der Waals surface area contributed by atoms with E-state index in [1.165, 1.54) is 19.3 Å². The Morgan fingerprint density at radius 3 is 2.44 bits per heavy atom. The van der Waals surface area contributed by atoms with Crippen LogP contribution in [0.25, 0.3) is 0 Å². The van der Waals surface area contributed by atoms with E-state index in [1.54, 1.807) is 0 Å². The summed E-state index contributed by atoms with van der Waals surface area (Å²) < 4.78 is 5.22. The molecule has 1 saturated carbocycles. The van der Waals surface area contributed by atoms with Crippen LogP contribution in [0, 0.1) is 5.41 Å². The number of amides is 1. The van der Waals surface area contributed by atoms with Gasteiger partial charge >= 0.3 is 5.97 Å². The van der Waals surface area contributed by atoms with E-state index in [0.717, 1.165) is 6.42 Å². The second-order valence-electron chi connectivity index (χ2n) is 5.45. The van der Waals surface area contributed by atoms with E-state index < -0.39 is 18.2 Å². The van der Waals surface area contributed by atoms with Gasteiger partial charge in [0.1, 0.15) is 6.10 Å². The number of carbonyl (C=O) groups excluding carboxylic acids is 1. The van der Waals surface area contributed by atoms with Gasteiger partial charge in [0.05, 0.1) is 0 Å². The third-order valence-corrected chi connectivity index (χ3v) is 4.39. The molecule has 2 aliphatic rings. The first kappa shape index (κ1) is 13.3. The molecule has 0 bridgehead atoms. The van der Waals surface area contributed by atoms with Crippen molar-refractivity contribution in [1.29, 1.82) is 0 Å². The number of carboxylic acids is 1. The second-order valence-corrected chi connectivity index (χ2v) is 5.45. The van der Waals surface area contributed by atoms with Crippen molar-refractivity contribution < 1.29 is 19.4 Å². The highest BCUT2D eigenvalue weighted by molar-refractivity contribution is 5.82. The molecule has 18 heavy (non-hydrogen) atoms. The quantitative estimate of drug-likeness (QED) is 0.776. The largest absolute Gasteiger partial charge is 0.479 e. The molecule has 2 rings (SSSR count). The topological polar surface area (TPSA) is 75.6 Å². The lowest BCUT2D eigenvalue weighted by Gasteiger charge is -2.41. The number of ether oxygens (including phenoxy) is 1. The highest BCUT2D eigenvalue weighted by Crippen LogP contribution is 2.43. The van der Waals surface area contributed by atoms with Crippen LogP contribution in [0.1, 0.15) is 45.4 Å². The van der Waals surface area contributed by atoms with Gasteiger partial charge in [-0.1, -0.05) is 13.3 Å². The van der Waals surface area contributed by atoms with Gasteiger partial charge in [0.15, 0.2) is 6.10 Å². The summed E-state index contributed by atoms with van der Waals surface area (Å²) in [4.78, 5) is 22.6. The number of rotatable bonds is 5. The zero-order valence-corrected chi connectivity index (χ0v) is 10.8. The Bertz CT molecular complexity index is 332. The predicted octanol–water partition coefficient (Wildman–Crippen LogP) is 1.32. The highest BCUT2D eigenvalue weighted by atomic mass is 16.5. The molecule has 0 spiro atoms. The van der Waals surface area contributed by atoms with E-state index in [2.05, 4.69) is 12.2 Å². The maximum Gasteiger partial charge on any atom is 0.332 e. The average Bonchev–Trinajstić information content (AvgIpc) is 2.77. The van der Waals surface area contributed by atoms with Crippen molar-refractivity contribution in [3.8, 4) is 0 Å². The molecule has 1 saturated heterocycles. The van der Waals surface area contributed by atoms with Crippen molar-refractivity contribution in [3.05, 3.63) is 0 Å². The summed E-state index contributed by atoms with van der Waals surface area (Å²) in [7, 11) is 0. The van der Waals surface area contributed by atoms with Gasteiger partial charge in [-0.05, 0) is 37.5 Å². The minimum Gasteiger partial charge on any atom is -0.479 e. The average molecular weight is 255 g/mol. The van der Waals surface area contributed by atoms with E-state index in [4.69, 9.17) is 9.84 Å². The molecule has 1 aliphatic carbocycles. The molecule has 102 valence electrons. The van der Waals surface area contributed by atoms with Crippen molar-refractivity contribution in [2.45, 2.75) is 57.7 Å². The minimum absolute atomic E-state index is 0.154. The maximum atomic E-state index is 11.9. The molecule has 2 atom stereocenters. The predicted molar refractivity (Wildman–Crippen MR) is 65.1 cm³/mol. The van der Waals surface area contributed by atoms with Gasteiger partial charge in [0, 0.05) is 6.54 Å². The third kappa shape index (κ3) is 2.66. The molecule has 1 amide bonds. The maximum absolute atomic E-state index is 11.9. The van der Waals surface area contributed by atoms with E-state index in [1.807, 2.05) is 0 Å². The molecule has 0 aromatic heterocycles. The summed E-state index contributed by atoms with van der Waals surface area (Å²) in [5.74, 6) is -1.13. The van der Waals surface area contributed by atoms with Crippen LogP contribution in [0.15, 0.2) is 0 Å². The molecule has 2 N–H and O–H groups in total. The Morgan fingerprint density at radius 2 is 2.00 bits per heavy atom. The molecule has 0 aromatic rings. The summed E-state index contributed by atoms with van der Waals surface area (Å²) in [6, 6.07) is 0. The van der Waals surface area contributed by atoms with Crippen LogP contribution < -0.4 is 5.32 Å². The van der Waals surface area contributed by atoms with Crippen LogP contribution in [-0.4, -0.2) is 35.7 Å². The Morgan fingerprint density at radius 1 is 1.33 bits per heavy atom. The Kier molecular flexibility index (Phi) is 3.90. The summed E-state index contributed by atoms with van der Waals surface area (Å²) >= 11 is 0.